The van der Waals surface area contributed by atoms with Gasteiger partial charge in [0.25, 0.3) is 0 Å². The highest BCUT2D eigenvalue weighted by molar-refractivity contribution is 5.70. The van der Waals surface area contributed by atoms with Crippen LogP contribution in [0, 0.1) is 0 Å². The van der Waals surface area contributed by atoms with Gasteiger partial charge in [0.05, 0.1) is 12.5 Å². The maximum atomic E-state index is 10.5. The molecule has 0 saturated carbocycles. The van der Waals surface area contributed by atoms with Gasteiger partial charge in [-0.1, -0.05) is 25.5 Å². The minimum absolute atomic E-state index is 0.0603. The number of benzene rings is 1. The molecule has 3 heteroatoms. The Bertz CT molecular complexity index is 330. The molecule has 0 aliphatic rings. The summed E-state index contributed by atoms with van der Waals surface area (Å²) in [5.74, 6) is -0.0110. The van der Waals surface area contributed by atoms with E-state index in [-0.39, 0.29) is 12.5 Å². The van der Waals surface area contributed by atoms with Gasteiger partial charge in [-0.15, -0.1) is 0 Å². The van der Waals surface area contributed by atoms with Crippen molar-refractivity contribution in [1.29, 1.82) is 0 Å². The van der Waals surface area contributed by atoms with Crippen molar-refractivity contribution in [3.63, 3.8) is 0 Å². The third-order valence-electron chi connectivity index (χ3n) is 2.31. The van der Waals surface area contributed by atoms with Gasteiger partial charge < -0.3 is 9.84 Å². The van der Waals surface area contributed by atoms with Crippen LogP contribution in [0.25, 0.3) is 0 Å². The number of carboxylic acids is 1. The van der Waals surface area contributed by atoms with Crippen molar-refractivity contribution < 1.29 is 14.6 Å². The molecule has 0 bridgehead atoms. The SMILES string of the molecule is CCC[C@H](C)Oc1ccc(CC(=O)O)cc1. The Morgan fingerprint density at radius 3 is 2.50 bits per heavy atom. The topological polar surface area (TPSA) is 46.5 Å². The Morgan fingerprint density at radius 2 is 2.00 bits per heavy atom. The second-order valence-corrected chi connectivity index (χ2v) is 3.93. The van der Waals surface area contributed by atoms with Gasteiger partial charge in [-0.2, -0.15) is 0 Å². The van der Waals surface area contributed by atoms with Gasteiger partial charge in [0.15, 0.2) is 0 Å². The molecule has 1 aromatic carbocycles. The minimum Gasteiger partial charge on any atom is -0.491 e. The van der Waals surface area contributed by atoms with Gasteiger partial charge in [0.1, 0.15) is 5.75 Å². The standard InChI is InChI=1S/C13H18O3/c1-3-4-10(2)16-12-7-5-11(6-8-12)9-13(14)15/h5-8,10H,3-4,9H2,1-2H3,(H,14,15)/t10-/m0/s1. The molecular weight excluding hydrogens is 204 g/mol. The summed E-state index contributed by atoms with van der Waals surface area (Å²) in [7, 11) is 0. The highest BCUT2D eigenvalue weighted by Gasteiger charge is 2.04. The Hall–Kier alpha value is -1.51. The number of hydrogen-bond acceptors (Lipinski definition) is 2. The number of carbonyl (C=O) groups is 1. The summed E-state index contributed by atoms with van der Waals surface area (Å²) in [6.07, 6.45) is 2.38. The van der Waals surface area contributed by atoms with Crippen LogP contribution in [0.5, 0.6) is 5.75 Å². The second kappa shape index (κ2) is 6.16. The zero-order valence-electron chi connectivity index (χ0n) is 9.77. The van der Waals surface area contributed by atoms with Crippen molar-refractivity contribution in [2.75, 3.05) is 0 Å². The van der Waals surface area contributed by atoms with Crippen LogP contribution >= 0.6 is 0 Å². The normalized spacial score (nSPS) is 12.1. The van der Waals surface area contributed by atoms with E-state index in [1.54, 1.807) is 12.1 Å². The third-order valence-corrected chi connectivity index (χ3v) is 2.31. The molecule has 0 aromatic heterocycles. The largest absolute Gasteiger partial charge is 0.491 e. The first kappa shape index (κ1) is 12.6. The lowest BCUT2D eigenvalue weighted by atomic mass is 10.1. The van der Waals surface area contributed by atoms with Crippen molar-refractivity contribution in [3.05, 3.63) is 29.8 Å². The van der Waals surface area contributed by atoms with Gasteiger partial charge in [-0.3, -0.25) is 4.79 Å². The van der Waals surface area contributed by atoms with E-state index in [1.807, 2.05) is 19.1 Å². The maximum absolute atomic E-state index is 10.5. The molecule has 1 N–H and O–H groups in total. The van der Waals surface area contributed by atoms with Crippen LogP contribution in [0.15, 0.2) is 24.3 Å². The fourth-order valence-corrected chi connectivity index (χ4v) is 1.56. The zero-order chi connectivity index (χ0) is 12.0. The van der Waals surface area contributed by atoms with Gasteiger partial charge in [-0.05, 0) is 31.0 Å². The molecule has 1 rings (SSSR count). The Kier molecular flexibility index (Phi) is 4.83. The first-order chi connectivity index (χ1) is 7.61. The molecule has 0 heterocycles. The fourth-order valence-electron chi connectivity index (χ4n) is 1.56. The average molecular weight is 222 g/mol. The lowest BCUT2D eigenvalue weighted by Crippen LogP contribution is -2.10. The van der Waals surface area contributed by atoms with Crippen LogP contribution in [0.4, 0.5) is 0 Å². The quantitative estimate of drug-likeness (QED) is 0.805. The van der Waals surface area contributed by atoms with Crippen molar-refractivity contribution in [3.8, 4) is 5.75 Å². The van der Waals surface area contributed by atoms with Crippen molar-refractivity contribution in [2.24, 2.45) is 0 Å². The van der Waals surface area contributed by atoms with Crippen molar-refractivity contribution in [2.45, 2.75) is 39.2 Å². The fraction of sp³-hybridized carbons (Fsp3) is 0.462. The predicted molar refractivity (Wildman–Crippen MR) is 62.8 cm³/mol. The molecule has 0 fully saturated rings. The van der Waals surface area contributed by atoms with Crippen LogP contribution in [0.3, 0.4) is 0 Å². The van der Waals surface area contributed by atoms with E-state index in [0.29, 0.717) is 0 Å². The first-order valence-electron chi connectivity index (χ1n) is 5.59. The van der Waals surface area contributed by atoms with Gasteiger partial charge in [-0.25, -0.2) is 0 Å². The van der Waals surface area contributed by atoms with Crippen LogP contribution in [0.2, 0.25) is 0 Å². The van der Waals surface area contributed by atoms with E-state index in [2.05, 4.69) is 6.92 Å². The van der Waals surface area contributed by atoms with E-state index < -0.39 is 5.97 Å². The van der Waals surface area contributed by atoms with Gasteiger partial charge >= 0.3 is 5.97 Å². The van der Waals surface area contributed by atoms with E-state index in [9.17, 15) is 4.79 Å². The maximum Gasteiger partial charge on any atom is 0.307 e. The van der Waals surface area contributed by atoms with Gasteiger partial charge in [0, 0.05) is 0 Å². The number of carboxylic acid groups (broad SMARTS) is 1. The Labute approximate surface area is 96.1 Å². The van der Waals surface area contributed by atoms with E-state index in [0.717, 1.165) is 24.2 Å². The molecule has 0 spiro atoms. The minimum atomic E-state index is -0.812. The van der Waals surface area contributed by atoms with Crippen LogP contribution < -0.4 is 4.74 Å². The molecule has 1 aromatic rings. The van der Waals surface area contributed by atoms with Gasteiger partial charge in [0.2, 0.25) is 0 Å². The average Bonchev–Trinajstić information content (AvgIpc) is 2.20. The number of hydrogen-bond donors (Lipinski definition) is 1. The molecule has 0 aliphatic heterocycles. The van der Waals surface area contributed by atoms with Crippen LogP contribution in [0.1, 0.15) is 32.3 Å². The lowest BCUT2D eigenvalue weighted by molar-refractivity contribution is -0.136. The Morgan fingerprint density at radius 1 is 1.38 bits per heavy atom. The monoisotopic (exact) mass is 222 g/mol. The molecular formula is C13H18O3. The summed E-state index contributed by atoms with van der Waals surface area (Å²) >= 11 is 0. The van der Waals surface area contributed by atoms with E-state index in [4.69, 9.17) is 9.84 Å². The van der Waals surface area contributed by atoms with Crippen LogP contribution in [-0.4, -0.2) is 17.2 Å². The molecule has 0 saturated heterocycles. The van der Waals surface area contributed by atoms with Crippen LogP contribution in [-0.2, 0) is 11.2 Å². The molecule has 88 valence electrons. The molecule has 0 aliphatic carbocycles. The van der Waals surface area contributed by atoms with Crippen molar-refractivity contribution in [1.82, 2.24) is 0 Å². The molecule has 0 radical (unpaired) electrons. The number of aliphatic carboxylic acids is 1. The molecule has 3 nitrogen and oxygen atoms in total. The smallest absolute Gasteiger partial charge is 0.307 e. The highest BCUT2D eigenvalue weighted by Crippen LogP contribution is 2.15. The Balaban J connectivity index is 2.54. The highest BCUT2D eigenvalue weighted by atomic mass is 16.5. The first-order valence-corrected chi connectivity index (χ1v) is 5.59. The van der Waals surface area contributed by atoms with Crippen molar-refractivity contribution >= 4 is 5.97 Å². The number of ether oxygens (including phenoxy) is 1. The van der Waals surface area contributed by atoms with E-state index in [1.165, 1.54) is 0 Å². The molecule has 1 atom stereocenters. The zero-order valence-corrected chi connectivity index (χ0v) is 9.77. The lowest BCUT2D eigenvalue weighted by Gasteiger charge is -2.13. The van der Waals surface area contributed by atoms with E-state index >= 15 is 0 Å². The summed E-state index contributed by atoms with van der Waals surface area (Å²) in [6.45, 7) is 4.16. The molecule has 0 unspecified atom stereocenters. The summed E-state index contributed by atoms with van der Waals surface area (Å²) in [5.41, 5.74) is 0.794. The summed E-state index contributed by atoms with van der Waals surface area (Å²) < 4.78 is 5.67. The summed E-state index contributed by atoms with van der Waals surface area (Å²) in [6, 6.07) is 7.24. The second-order valence-electron chi connectivity index (χ2n) is 3.93. The summed E-state index contributed by atoms with van der Waals surface area (Å²) in [5, 5.41) is 8.62. The predicted octanol–water partition coefficient (Wildman–Crippen LogP) is 2.88. The molecule has 0 amide bonds. The summed E-state index contributed by atoms with van der Waals surface area (Å²) in [4.78, 5) is 10.5. The number of rotatable bonds is 6. The molecule has 16 heavy (non-hydrogen) atoms. The third kappa shape index (κ3) is 4.34.